The van der Waals surface area contributed by atoms with Gasteiger partial charge >= 0.3 is 12.1 Å². The van der Waals surface area contributed by atoms with Crippen molar-refractivity contribution in [2.75, 3.05) is 11.4 Å². The van der Waals surface area contributed by atoms with Crippen LogP contribution in [0.15, 0.2) is 54.6 Å². The minimum absolute atomic E-state index is 0.105. The first kappa shape index (κ1) is 22.7. The second kappa shape index (κ2) is 9.30. The molecule has 5 nitrogen and oxygen atoms in total. The molecule has 0 aliphatic heterocycles. The highest BCUT2D eigenvalue weighted by Gasteiger charge is 2.35. The zero-order chi connectivity index (χ0) is 21.8. The lowest BCUT2D eigenvalue weighted by atomic mass is 9.99. The second-order valence-electron chi connectivity index (χ2n) is 5.84. The van der Waals surface area contributed by atoms with Gasteiger partial charge in [0.05, 0.1) is 5.69 Å². The summed E-state index contributed by atoms with van der Waals surface area (Å²) in [5.74, 6) is -2.74. The van der Waals surface area contributed by atoms with E-state index in [9.17, 15) is 27.9 Å². The molecule has 0 aliphatic carbocycles. The number of aliphatic hydroxyl groups excluding tert-OH is 1. The lowest BCUT2D eigenvalue weighted by Crippen LogP contribution is -2.39. The van der Waals surface area contributed by atoms with Crippen LogP contribution in [0.4, 0.5) is 18.9 Å². The summed E-state index contributed by atoms with van der Waals surface area (Å²) in [7, 11) is 0. The molecule has 154 valence electrons. The zero-order valence-electron chi connectivity index (χ0n) is 14.5. The largest absolute Gasteiger partial charge is 0.478 e. The molecule has 0 saturated heterocycles. The number of hydrogen-bond donors (Lipinski definition) is 2. The standard InChI is InChI=1S/C19H14Cl2F3NO4/c20-11-5-6-15(13(9-11)18(29)12-3-1-2-4-14(12)21)25(10-19(22,23)24)16(26)7-8-17(27)28/h1-9,18,29H,10H2,(H,27,28)/b8-7+. The molecule has 2 aromatic rings. The van der Waals surface area contributed by atoms with Crippen LogP contribution >= 0.6 is 23.2 Å². The minimum atomic E-state index is -4.79. The van der Waals surface area contributed by atoms with Gasteiger partial charge in [0, 0.05) is 33.3 Å². The van der Waals surface area contributed by atoms with Crippen LogP contribution in [0, 0.1) is 0 Å². The fourth-order valence-electron chi connectivity index (χ4n) is 2.55. The normalized spacial score (nSPS) is 12.8. The van der Waals surface area contributed by atoms with Crippen molar-refractivity contribution in [3.8, 4) is 0 Å². The van der Waals surface area contributed by atoms with Crippen molar-refractivity contribution >= 4 is 40.8 Å². The van der Waals surface area contributed by atoms with Gasteiger partial charge in [0.25, 0.3) is 5.91 Å². The van der Waals surface area contributed by atoms with Crippen LogP contribution < -0.4 is 4.90 Å². The molecule has 1 amide bonds. The number of rotatable bonds is 6. The predicted octanol–water partition coefficient (Wildman–Crippen LogP) is 4.61. The molecule has 0 heterocycles. The third-order valence-electron chi connectivity index (χ3n) is 3.75. The maximum absolute atomic E-state index is 13.1. The number of carboxylic acid groups (broad SMARTS) is 1. The Morgan fingerprint density at radius 3 is 2.31 bits per heavy atom. The molecule has 10 heteroatoms. The monoisotopic (exact) mass is 447 g/mol. The van der Waals surface area contributed by atoms with E-state index in [1.54, 1.807) is 12.1 Å². The Bertz CT molecular complexity index is 947. The van der Waals surface area contributed by atoms with Crippen LogP contribution in [0.5, 0.6) is 0 Å². The van der Waals surface area contributed by atoms with Crippen LogP contribution in [-0.4, -0.2) is 34.8 Å². The maximum atomic E-state index is 13.1. The van der Waals surface area contributed by atoms with Crippen molar-refractivity contribution in [1.82, 2.24) is 0 Å². The van der Waals surface area contributed by atoms with Gasteiger partial charge in [-0.3, -0.25) is 9.69 Å². The first-order valence-electron chi connectivity index (χ1n) is 8.01. The molecule has 0 aliphatic rings. The van der Waals surface area contributed by atoms with Crippen molar-refractivity contribution < 1.29 is 33.0 Å². The Kier molecular flexibility index (Phi) is 7.29. The van der Waals surface area contributed by atoms with Gasteiger partial charge in [0.1, 0.15) is 12.6 Å². The van der Waals surface area contributed by atoms with Crippen LogP contribution in [0.2, 0.25) is 10.0 Å². The maximum Gasteiger partial charge on any atom is 0.406 e. The van der Waals surface area contributed by atoms with E-state index in [0.717, 1.165) is 6.07 Å². The Morgan fingerprint density at radius 1 is 1.07 bits per heavy atom. The van der Waals surface area contributed by atoms with Gasteiger partial charge in [-0.2, -0.15) is 13.2 Å². The lowest BCUT2D eigenvalue weighted by molar-refractivity contribution is -0.132. The molecule has 29 heavy (non-hydrogen) atoms. The highest BCUT2D eigenvalue weighted by Crippen LogP contribution is 2.36. The van der Waals surface area contributed by atoms with Gasteiger partial charge in [0.15, 0.2) is 0 Å². The molecular weight excluding hydrogens is 434 g/mol. The van der Waals surface area contributed by atoms with Gasteiger partial charge in [-0.25, -0.2) is 4.79 Å². The number of carboxylic acids is 1. The number of carbonyl (C=O) groups is 2. The van der Waals surface area contributed by atoms with E-state index < -0.39 is 30.7 Å². The summed E-state index contributed by atoms with van der Waals surface area (Å²) in [6.07, 6.45) is -5.37. The quantitative estimate of drug-likeness (QED) is 0.633. The molecule has 2 N–H and O–H groups in total. The van der Waals surface area contributed by atoms with Crippen molar-refractivity contribution in [1.29, 1.82) is 0 Å². The Hall–Kier alpha value is -2.55. The smallest absolute Gasteiger partial charge is 0.406 e. The number of aliphatic carboxylic acids is 1. The molecule has 0 radical (unpaired) electrons. The summed E-state index contributed by atoms with van der Waals surface area (Å²) < 4.78 is 39.3. The van der Waals surface area contributed by atoms with E-state index in [1.165, 1.54) is 24.3 Å². The van der Waals surface area contributed by atoms with Gasteiger partial charge in [0.2, 0.25) is 0 Å². The summed E-state index contributed by atoms with van der Waals surface area (Å²) in [4.78, 5) is 23.3. The fraction of sp³-hybridized carbons (Fsp3) is 0.158. The number of carbonyl (C=O) groups excluding carboxylic acids is 1. The molecule has 0 spiro atoms. The lowest BCUT2D eigenvalue weighted by Gasteiger charge is -2.27. The first-order chi connectivity index (χ1) is 13.5. The van der Waals surface area contributed by atoms with Crippen molar-refractivity contribution in [2.24, 2.45) is 0 Å². The molecule has 1 atom stereocenters. The van der Waals surface area contributed by atoms with Gasteiger partial charge in [-0.1, -0.05) is 41.4 Å². The summed E-state index contributed by atoms with van der Waals surface area (Å²) in [5.41, 5.74) is -0.204. The number of benzene rings is 2. The van der Waals surface area contributed by atoms with E-state index in [2.05, 4.69) is 0 Å². The number of amides is 1. The number of alkyl halides is 3. The predicted molar refractivity (Wildman–Crippen MR) is 102 cm³/mol. The van der Waals surface area contributed by atoms with E-state index in [4.69, 9.17) is 28.3 Å². The topological polar surface area (TPSA) is 77.8 Å². The number of nitrogens with zero attached hydrogens (tertiary/aromatic N) is 1. The van der Waals surface area contributed by atoms with Crippen LogP contribution in [0.3, 0.4) is 0 Å². The number of aliphatic hydroxyl groups is 1. The average molecular weight is 448 g/mol. The van der Waals surface area contributed by atoms with E-state index in [1.807, 2.05) is 0 Å². The van der Waals surface area contributed by atoms with Gasteiger partial charge in [-0.15, -0.1) is 0 Å². The fourth-order valence-corrected chi connectivity index (χ4v) is 2.97. The number of halogens is 5. The average Bonchev–Trinajstić information content (AvgIpc) is 2.63. The molecule has 2 rings (SSSR count). The Balaban J connectivity index is 2.60. The van der Waals surface area contributed by atoms with Gasteiger partial charge < -0.3 is 10.2 Å². The minimum Gasteiger partial charge on any atom is -0.478 e. The van der Waals surface area contributed by atoms with Gasteiger partial charge in [-0.05, 0) is 24.3 Å². The van der Waals surface area contributed by atoms with Crippen molar-refractivity contribution in [2.45, 2.75) is 12.3 Å². The van der Waals surface area contributed by atoms with E-state index in [0.29, 0.717) is 17.1 Å². The van der Waals surface area contributed by atoms with E-state index >= 15 is 0 Å². The summed E-state index contributed by atoms with van der Waals surface area (Å²) in [5, 5.41) is 19.7. The first-order valence-corrected chi connectivity index (χ1v) is 8.76. The highest BCUT2D eigenvalue weighted by atomic mass is 35.5. The third-order valence-corrected chi connectivity index (χ3v) is 4.33. The Morgan fingerprint density at radius 2 is 1.72 bits per heavy atom. The van der Waals surface area contributed by atoms with Crippen molar-refractivity contribution in [3.63, 3.8) is 0 Å². The second-order valence-corrected chi connectivity index (χ2v) is 6.68. The number of anilines is 1. The SMILES string of the molecule is O=C(O)/C=C/C(=O)N(CC(F)(F)F)c1ccc(Cl)cc1C(O)c1ccccc1Cl. The zero-order valence-corrected chi connectivity index (χ0v) is 16.0. The van der Waals surface area contributed by atoms with Crippen LogP contribution in [0.1, 0.15) is 17.2 Å². The number of hydrogen-bond acceptors (Lipinski definition) is 3. The van der Waals surface area contributed by atoms with E-state index in [-0.39, 0.29) is 26.9 Å². The summed E-state index contributed by atoms with van der Waals surface area (Å²) in [6.45, 7) is -1.71. The highest BCUT2D eigenvalue weighted by molar-refractivity contribution is 6.31. The van der Waals surface area contributed by atoms with Crippen LogP contribution in [0.25, 0.3) is 0 Å². The van der Waals surface area contributed by atoms with Crippen LogP contribution in [-0.2, 0) is 9.59 Å². The molecule has 0 bridgehead atoms. The molecule has 0 aromatic heterocycles. The molecule has 2 aromatic carbocycles. The van der Waals surface area contributed by atoms with Crippen molar-refractivity contribution in [3.05, 3.63) is 75.8 Å². The third kappa shape index (κ3) is 6.22. The Labute approximate surface area is 173 Å². The molecular formula is C19H14Cl2F3NO4. The molecule has 0 saturated carbocycles. The summed E-state index contributed by atoms with van der Waals surface area (Å²) in [6, 6.07) is 9.72. The molecule has 1 unspecified atom stereocenters. The summed E-state index contributed by atoms with van der Waals surface area (Å²) >= 11 is 12.0. The molecule has 0 fully saturated rings.